The number of likely N-dealkylation sites (tertiary alicyclic amines) is 1. The first-order chi connectivity index (χ1) is 22.1. The Bertz CT molecular complexity index is 1190. The highest BCUT2D eigenvalue weighted by Gasteiger charge is 2.30. The van der Waals surface area contributed by atoms with Crippen LogP contribution in [-0.2, 0) is 27.2 Å². The molecule has 6 heteroatoms. The number of carbonyl (C=O) groups is 1. The van der Waals surface area contributed by atoms with Crippen molar-refractivity contribution in [1.82, 2.24) is 4.90 Å². The van der Waals surface area contributed by atoms with Crippen molar-refractivity contribution in [2.75, 3.05) is 40.5 Å². The van der Waals surface area contributed by atoms with Crippen LogP contribution in [0, 0.1) is 5.92 Å². The summed E-state index contributed by atoms with van der Waals surface area (Å²) in [6.45, 7) is 6.02. The van der Waals surface area contributed by atoms with Crippen LogP contribution < -0.4 is 9.47 Å². The molecular formula is C39H57NO5. The van der Waals surface area contributed by atoms with Crippen molar-refractivity contribution >= 4 is 11.7 Å². The largest absolute Gasteiger partial charge is 0.493 e. The van der Waals surface area contributed by atoms with Gasteiger partial charge in [0.1, 0.15) is 12.4 Å². The zero-order valence-corrected chi connectivity index (χ0v) is 28.2. The minimum absolute atomic E-state index is 0.0188. The van der Waals surface area contributed by atoms with Crippen LogP contribution in [0.25, 0.3) is 5.76 Å². The number of rotatable bonds is 21. The topological polar surface area (TPSA) is 57.2 Å². The number of piperidine rings is 1. The molecule has 248 valence electrons. The van der Waals surface area contributed by atoms with Gasteiger partial charge >= 0.3 is 5.97 Å². The van der Waals surface area contributed by atoms with Gasteiger partial charge in [0.2, 0.25) is 0 Å². The van der Waals surface area contributed by atoms with Crippen molar-refractivity contribution in [3.63, 3.8) is 0 Å². The fraction of sp³-hybridized carbons (Fsp3) is 0.615. The van der Waals surface area contributed by atoms with Crippen LogP contribution in [0.2, 0.25) is 0 Å². The van der Waals surface area contributed by atoms with Gasteiger partial charge in [-0.2, -0.15) is 0 Å². The fourth-order valence-electron chi connectivity index (χ4n) is 6.78. The normalized spacial score (nSPS) is 15.4. The second-order valence-electron chi connectivity index (χ2n) is 12.9. The summed E-state index contributed by atoms with van der Waals surface area (Å²) < 4.78 is 23.0. The van der Waals surface area contributed by atoms with Gasteiger partial charge in [-0.1, -0.05) is 101 Å². The van der Waals surface area contributed by atoms with Crippen LogP contribution in [0.1, 0.15) is 114 Å². The molecule has 0 atom stereocenters. The molecule has 1 heterocycles. The number of allylic oxidation sites excluding steroid dienone is 1. The van der Waals surface area contributed by atoms with E-state index in [1.165, 1.54) is 68.9 Å². The first kappa shape index (κ1) is 35.0. The summed E-state index contributed by atoms with van der Waals surface area (Å²) in [5, 5.41) is 0. The van der Waals surface area contributed by atoms with E-state index in [9.17, 15) is 4.79 Å². The van der Waals surface area contributed by atoms with Crippen LogP contribution in [0.4, 0.5) is 0 Å². The van der Waals surface area contributed by atoms with Crippen LogP contribution in [0.15, 0.2) is 48.0 Å². The molecule has 1 fully saturated rings. The third kappa shape index (κ3) is 11.5. The van der Waals surface area contributed by atoms with E-state index in [4.69, 9.17) is 18.9 Å². The zero-order valence-electron chi connectivity index (χ0n) is 28.2. The Hall–Kier alpha value is -2.83. The van der Waals surface area contributed by atoms with Gasteiger partial charge in [0.05, 0.1) is 14.2 Å². The quantitative estimate of drug-likeness (QED) is 0.103. The average molecular weight is 620 g/mol. The first-order valence-corrected chi connectivity index (χ1v) is 17.6. The monoisotopic (exact) mass is 619 g/mol. The Morgan fingerprint density at radius 2 is 1.44 bits per heavy atom. The van der Waals surface area contributed by atoms with Crippen molar-refractivity contribution in [2.24, 2.45) is 5.92 Å². The van der Waals surface area contributed by atoms with Crippen molar-refractivity contribution in [1.29, 1.82) is 0 Å². The molecular weight excluding hydrogens is 562 g/mol. The van der Waals surface area contributed by atoms with E-state index < -0.39 is 0 Å². The van der Waals surface area contributed by atoms with Gasteiger partial charge in [0.15, 0.2) is 11.5 Å². The summed E-state index contributed by atoms with van der Waals surface area (Å²) in [5.74, 6) is 2.28. The Balaban J connectivity index is 1.24. The lowest BCUT2D eigenvalue weighted by Crippen LogP contribution is -2.33. The predicted octanol–water partition coefficient (Wildman–Crippen LogP) is 9.14. The molecule has 0 saturated carbocycles. The van der Waals surface area contributed by atoms with E-state index >= 15 is 0 Å². The van der Waals surface area contributed by atoms with Crippen LogP contribution in [0.3, 0.4) is 0 Å². The van der Waals surface area contributed by atoms with Gasteiger partial charge in [-0.05, 0) is 79.9 Å². The maximum absolute atomic E-state index is 13.0. The lowest BCUT2D eigenvalue weighted by atomic mass is 9.89. The minimum Gasteiger partial charge on any atom is -0.493 e. The second kappa shape index (κ2) is 19.6. The van der Waals surface area contributed by atoms with Crippen LogP contribution in [0.5, 0.6) is 11.5 Å². The SMILES string of the molecule is CCCCCCCCCCCCCOCC(=O)OC1=C(CC2CCN(Cc3ccccc3)CC2)Cc2cc(OC)c(OC)cc21. The van der Waals surface area contributed by atoms with E-state index in [0.29, 0.717) is 29.8 Å². The van der Waals surface area contributed by atoms with Gasteiger partial charge in [-0.3, -0.25) is 4.90 Å². The third-order valence-corrected chi connectivity index (χ3v) is 9.40. The summed E-state index contributed by atoms with van der Waals surface area (Å²) in [4.78, 5) is 15.5. The Morgan fingerprint density at radius 1 is 0.822 bits per heavy atom. The molecule has 1 aliphatic carbocycles. The Morgan fingerprint density at radius 3 is 2.09 bits per heavy atom. The first-order valence-electron chi connectivity index (χ1n) is 17.6. The van der Waals surface area contributed by atoms with Crippen LogP contribution in [-0.4, -0.2) is 51.4 Å². The number of carbonyl (C=O) groups excluding carboxylic acids is 1. The molecule has 2 aliphatic rings. The second-order valence-corrected chi connectivity index (χ2v) is 12.9. The molecule has 2 aromatic rings. The van der Waals surface area contributed by atoms with Gasteiger partial charge in [-0.15, -0.1) is 0 Å². The Labute approximate surface area is 272 Å². The highest BCUT2D eigenvalue weighted by Crippen LogP contribution is 2.43. The van der Waals surface area contributed by atoms with Crippen molar-refractivity contribution in [2.45, 2.75) is 110 Å². The molecule has 0 N–H and O–H groups in total. The third-order valence-electron chi connectivity index (χ3n) is 9.40. The molecule has 0 radical (unpaired) electrons. The molecule has 0 amide bonds. The molecule has 0 aromatic heterocycles. The number of methoxy groups -OCH3 is 2. The number of hydrogen-bond donors (Lipinski definition) is 0. The number of ether oxygens (including phenoxy) is 4. The Kier molecular flexibility index (Phi) is 15.3. The molecule has 6 nitrogen and oxygen atoms in total. The highest BCUT2D eigenvalue weighted by molar-refractivity contribution is 5.84. The minimum atomic E-state index is -0.328. The summed E-state index contributed by atoms with van der Waals surface area (Å²) in [6, 6.07) is 14.7. The van der Waals surface area contributed by atoms with E-state index in [-0.39, 0.29) is 12.6 Å². The summed E-state index contributed by atoms with van der Waals surface area (Å²) in [6.07, 6.45) is 18.2. The van der Waals surface area contributed by atoms with E-state index in [1.54, 1.807) is 14.2 Å². The van der Waals surface area contributed by atoms with Crippen molar-refractivity contribution < 1.29 is 23.7 Å². The van der Waals surface area contributed by atoms with E-state index in [2.05, 4.69) is 42.2 Å². The molecule has 0 bridgehead atoms. The highest BCUT2D eigenvalue weighted by atomic mass is 16.6. The van der Waals surface area contributed by atoms with Crippen molar-refractivity contribution in [3.8, 4) is 11.5 Å². The van der Waals surface area contributed by atoms with Gasteiger partial charge in [-0.25, -0.2) is 4.79 Å². The molecule has 1 saturated heterocycles. The number of unbranched alkanes of at least 4 members (excludes halogenated alkanes) is 10. The number of esters is 1. The molecule has 4 rings (SSSR count). The number of fused-ring (bicyclic) bond motifs is 1. The van der Waals surface area contributed by atoms with Gasteiger partial charge < -0.3 is 18.9 Å². The maximum atomic E-state index is 13.0. The average Bonchev–Trinajstić information content (AvgIpc) is 3.38. The smallest absolute Gasteiger partial charge is 0.337 e. The zero-order chi connectivity index (χ0) is 31.7. The molecule has 45 heavy (non-hydrogen) atoms. The molecule has 2 aromatic carbocycles. The van der Waals surface area contributed by atoms with Gasteiger partial charge in [0, 0.05) is 18.7 Å². The fourth-order valence-corrected chi connectivity index (χ4v) is 6.78. The lowest BCUT2D eigenvalue weighted by Gasteiger charge is -2.32. The van der Waals surface area contributed by atoms with E-state index in [1.807, 2.05) is 12.1 Å². The molecule has 1 aliphatic heterocycles. The number of hydrogen-bond acceptors (Lipinski definition) is 6. The lowest BCUT2D eigenvalue weighted by molar-refractivity contribution is -0.141. The number of benzene rings is 2. The van der Waals surface area contributed by atoms with Gasteiger partial charge in [0.25, 0.3) is 0 Å². The molecule has 0 spiro atoms. The summed E-state index contributed by atoms with van der Waals surface area (Å²) >= 11 is 0. The van der Waals surface area contributed by atoms with E-state index in [0.717, 1.165) is 69.3 Å². The summed E-state index contributed by atoms with van der Waals surface area (Å²) in [7, 11) is 3.30. The van der Waals surface area contributed by atoms with Crippen molar-refractivity contribution in [3.05, 3.63) is 64.7 Å². The predicted molar refractivity (Wildman–Crippen MR) is 183 cm³/mol. The maximum Gasteiger partial charge on any atom is 0.337 e. The summed E-state index contributed by atoms with van der Waals surface area (Å²) in [5.41, 5.74) is 4.62. The standard InChI is InChI=1S/C39H57NO5/c1-4-5-6-7-8-9-10-11-12-13-17-24-44-30-38(41)45-39-34(26-33-27-36(42-2)37(43-3)28-35(33)39)25-31-20-22-40(23-21-31)29-32-18-15-14-16-19-32/h14-16,18-19,27-28,31H,4-13,17,20-26,29-30H2,1-3H3. The number of nitrogens with zero attached hydrogens (tertiary/aromatic N) is 1. The van der Waals surface area contributed by atoms with Crippen LogP contribution >= 0.6 is 0 Å². The molecule has 0 unspecified atom stereocenters.